The minimum atomic E-state index is -0.624. The molecule has 0 saturated carbocycles. The van der Waals surface area contributed by atoms with Crippen LogP contribution in [0.15, 0.2) is 18.2 Å². The van der Waals surface area contributed by atoms with Crippen molar-refractivity contribution in [2.75, 3.05) is 19.6 Å². The predicted octanol–water partition coefficient (Wildman–Crippen LogP) is 3.69. The van der Waals surface area contributed by atoms with Crippen LogP contribution < -0.4 is 15.4 Å². The molecule has 0 aromatic heterocycles. The van der Waals surface area contributed by atoms with Crippen molar-refractivity contribution in [3.05, 3.63) is 28.2 Å². The highest BCUT2D eigenvalue weighted by atomic mass is 35.5. The summed E-state index contributed by atoms with van der Waals surface area (Å²) in [6, 6.07) is 5.12. The van der Waals surface area contributed by atoms with Crippen molar-refractivity contribution < 1.29 is 9.53 Å². The van der Waals surface area contributed by atoms with E-state index in [9.17, 15) is 4.79 Å². The van der Waals surface area contributed by atoms with Gasteiger partial charge in [0.05, 0.1) is 5.02 Å². The average Bonchev–Trinajstić information content (AvgIpc) is 2.50. The zero-order valence-corrected chi connectivity index (χ0v) is 15.7. The van der Waals surface area contributed by atoms with E-state index in [1.807, 2.05) is 0 Å². The molecule has 1 fully saturated rings. The van der Waals surface area contributed by atoms with Crippen molar-refractivity contribution in [2.45, 2.75) is 32.8 Å². The summed E-state index contributed by atoms with van der Waals surface area (Å²) in [6.07, 6.45) is 1.49. The Hall–Kier alpha value is -0.680. The molecule has 1 aromatic carbocycles. The third kappa shape index (κ3) is 5.71. The van der Waals surface area contributed by atoms with Gasteiger partial charge < -0.3 is 15.4 Å². The van der Waals surface area contributed by atoms with E-state index in [-0.39, 0.29) is 23.7 Å². The van der Waals surface area contributed by atoms with Gasteiger partial charge in [-0.1, -0.05) is 36.2 Å². The van der Waals surface area contributed by atoms with Gasteiger partial charge in [-0.3, -0.25) is 4.79 Å². The number of hydrogen-bond donors (Lipinski definition) is 2. The van der Waals surface area contributed by atoms with E-state index in [2.05, 4.69) is 17.6 Å². The lowest BCUT2D eigenvalue weighted by atomic mass is 9.81. The molecule has 1 saturated heterocycles. The van der Waals surface area contributed by atoms with E-state index in [1.54, 1.807) is 25.1 Å². The zero-order valence-electron chi connectivity index (χ0n) is 13.3. The van der Waals surface area contributed by atoms with Gasteiger partial charge in [-0.15, -0.1) is 12.4 Å². The maximum Gasteiger partial charge on any atom is 0.260 e. The van der Waals surface area contributed by atoms with Gasteiger partial charge in [0, 0.05) is 6.54 Å². The third-order valence-electron chi connectivity index (χ3n) is 4.09. The Labute approximate surface area is 153 Å². The van der Waals surface area contributed by atoms with Crippen molar-refractivity contribution in [3.8, 4) is 5.75 Å². The van der Waals surface area contributed by atoms with Gasteiger partial charge in [0.2, 0.25) is 0 Å². The molecule has 2 rings (SSSR count). The summed E-state index contributed by atoms with van der Waals surface area (Å²) < 4.78 is 5.62. The van der Waals surface area contributed by atoms with Crippen molar-refractivity contribution in [1.82, 2.24) is 10.6 Å². The van der Waals surface area contributed by atoms with E-state index in [0.717, 1.165) is 25.9 Å². The van der Waals surface area contributed by atoms with Gasteiger partial charge in [-0.05, 0) is 50.4 Å². The summed E-state index contributed by atoms with van der Waals surface area (Å²) in [5.74, 6) is 0.278. The van der Waals surface area contributed by atoms with Gasteiger partial charge in [0.1, 0.15) is 10.8 Å². The van der Waals surface area contributed by atoms with Crippen LogP contribution in [0.2, 0.25) is 10.0 Å². The van der Waals surface area contributed by atoms with E-state index < -0.39 is 6.10 Å². The number of carbonyl (C=O) groups is 1. The van der Waals surface area contributed by atoms with Gasteiger partial charge in [-0.2, -0.15) is 0 Å². The molecular formula is C16H23Cl3N2O2. The first-order chi connectivity index (χ1) is 10.4. The number of halogens is 3. The molecule has 1 amide bonds. The normalized spacial score (nSPS) is 17.7. The molecule has 7 heteroatoms. The molecule has 1 unspecified atom stereocenters. The Balaban J connectivity index is 0.00000264. The smallest absolute Gasteiger partial charge is 0.260 e. The minimum Gasteiger partial charge on any atom is -0.479 e. The van der Waals surface area contributed by atoms with E-state index in [1.165, 1.54) is 0 Å². The fourth-order valence-corrected chi connectivity index (χ4v) is 2.81. The van der Waals surface area contributed by atoms with Crippen molar-refractivity contribution in [2.24, 2.45) is 5.41 Å². The molecule has 0 aliphatic carbocycles. The van der Waals surface area contributed by atoms with Gasteiger partial charge in [-0.25, -0.2) is 0 Å². The Morgan fingerprint density at radius 1 is 1.39 bits per heavy atom. The van der Waals surface area contributed by atoms with Crippen LogP contribution in [-0.2, 0) is 4.79 Å². The predicted molar refractivity (Wildman–Crippen MR) is 97.0 cm³/mol. The fourth-order valence-electron chi connectivity index (χ4n) is 2.47. The number of nitrogens with one attached hydrogen (secondary N) is 2. The lowest BCUT2D eigenvalue weighted by Gasteiger charge is -2.34. The van der Waals surface area contributed by atoms with Crippen LogP contribution in [0.25, 0.3) is 0 Å². The van der Waals surface area contributed by atoms with Crippen LogP contribution in [-0.4, -0.2) is 31.6 Å². The largest absolute Gasteiger partial charge is 0.479 e. The number of amides is 1. The van der Waals surface area contributed by atoms with Crippen LogP contribution in [0.5, 0.6) is 5.75 Å². The summed E-state index contributed by atoms with van der Waals surface area (Å²) in [7, 11) is 0. The molecule has 130 valence electrons. The molecule has 1 heterocycles. The maximum absolute atomic E-state index is 12.2. The quantitative estimate of drug-likeness (QED) is 0.818. The molecule has 4 nitrogen and oxygen atoms in total. The second-order valence-electron chi connectivity index (χ2n) is 6.09. The lowest BCUT2D eigenvalue weighted by Crippen LogP contribution is -2.45. The number of carbonyl (C=O) groups excluding carboxylic acids is 1. The topological polar surface area (TPSA) is 50.4 Å². The Morgan fingerprint density at radius 3 is 2.70 bits per heavy atom. The molecule has 1 aliphatic heterocycles. The highest BCUT2D eigenvalue weighted by molar-refractivity contribution is 6.42. The molecule has 0 spiro atoms. The fraction of sp³-hybridized carbons (Fsp3) is 0.562. The van der Waals surface area contributed by atoms with Gasteiger partial charge in [0.25, 0.3) is 5.91 Å². The standard InChI is InChI=1S/C16H22Cl2N2O2.ClH/c1-11(22-13-5-3-4-12(17)14(13)18)15(21)20-10-16(2)6-8-19-9-7-16;/h3-5,11,19H,6-10H2,1-2H3,(H,20,21);1H. The summed E-state index contributed by atoms with van der Waals surface area (Å²) >= 11 is 12.0. The van der Waals surface area contributed by atoms with Gasteiger partial charge in [0.15, 0.2) is 6.10 Å². The molecule has 1 atom stereocenters. The van der Waals surface area contributed by atoms with Crippen molar-refractivity contribution >= 4 is 41.5 Å². The molecule has 1 aromatic rings. The molecule has 0 bridgehead atoms. The second kappa shape index (κ2) is 8.97. The average molecular weight is 382 g/mol. The summed E-state index contributed by atoms with van der Waals surface area (Å²) in [4.78, 5) is 12.2. The maximum atomic E-state index is 12.2. The van der Waals surface area contributed by atoms with Crippen LogP contribution in [0, 0.1) is 5.41 Å². The molecule has 2 N–H and O–H groups in total. The summed E-state index contributed by atoms with van der Waals surface area (Å²) in [5.41, 5.74) is 0.147. The van der Waals surface area contributed by atoms with Crippen molar-refractivity contribution in [3.63, 3.8) is 0 Å². The van der Waals surface area contributed by atoms with Crippen molar-refractivity contribution in [1.29, 1.82) is 0 Å². The van der Waals surface area contributed by atoms with Crippen LogP contribution in [0.1, 0.15) is 26.7 Å². The number of rotatable bonds is 5. The first-order valence-corrected chi connectivity index (χ1v) is 8.26. The van der Waals surface area contributed by atoms with Crippen LogP contribution in [0.4, 0.5) is 0 Å². The highest BCUT2D eigenvalue weighted by Gasteiger charge is 2.28. The summed E-state index contributed by atoms with van der Waals surface area (Å²) in [6.45, 7) is 6.56. The SMILES string of the molecule is CC(Oc1cccc(Cl)c1Cl)C(=O)NCC1(C)CCNCC1.Cl. The third-order valence-corrected chi connectivity index (χ3v) is 4.89. The van der Waals surface area contributed by atoms with E-state index >= 15 is 0 Å². The van der Waals surface area contributed by atoms with Crippen LogP contribution >= 0.6 is 35.6 Å². The minimum absolute atomic E-state index is 0. The first-order valence-electron chi connectivity index (χ1n) is 7.50. The lowest BCUT2D eigenvalue weighted by molar-refractivity contribution is -0.127. The first kappa shape index (κ1) is 20.4. The number of piperidine rings is 1. The zero-order chi connectivity index (χ0) is 16.2. The Bertz CT molecular complexity index is 534. The highest BCUT2D eigenvalue weighted by Crippen LogP contribution is 2.32. The number of ether oxygens (including phenoxy) is 1. The molecule has 1 aliphatic rings. The number of benzene rings is 1. The van der Waals surface area contributed by atoms with Crippen LogP contribution in [0.3, 0.4) is 0 Å². The van der Waals surface area contributed by atoms with E-state index in [0.29, 0.717) is 22.3 Å². The Morgan fingerprint density at radius 2 is 2.04 bits per heavy atom. The molecular weight excluding hydrogens is 359 g/mol. The Kier molecular flexibility index (Phi) is 7.95. The number of hydrogen-bond acceptors (Lipinski definition) is 3. The van der Waals surface area contributed by atoms with Gasteiger partial charge >= 0.3 is 0 Å². The molecule has 23 heavy (non-hydrogen) atoms. The summed E-state index contributed by atoms with van der Waals surface area (Å²) in [5, 5.41) is 7.05. The van der Waals surface area contributed by atoms with E-state index in [4.69, 9.17) is 27.9 Å². The second-order valence-corrected chi connectivity index (χ2v) is 6.88. The molecule has 0 radical (unpaired) electrons. The monoisotopic (exact) mass is 380 g/mol.